The number of aromatic hydroxyl groups is 1. The maximum Gasteiger partial charge on any atom is 0.125 e. The number of phenols is 1. The van der Waals surface area contributed by atoms with Crippen molar-refractivity contribution in [3.63, 3.8) is 0 Å². The van der Waals surface area contributed by atoms with Crippen molar-refractivity contribution < 1.29 is 20.1 Å². The summed E-state index contributed by atoms with van der Waals surface area (Å²) in [7, 11) is 1.55. The number of fused-ring (bicyclic) bond motifs is 1. The molecule has 2 aromatic carbocycles. The van der Waals surface area contributed by atoms with Gasteiger partial charge in [0.1, 0.15) is 16.9 Å². The average molecular weight is 333 g/mol. The van der Waals surface area contributed by atoms with E-state index in [0.29, 0.717) is 5.75 Å². The number of ether oxygens (including phenoxy) is 1. The molecule has 6 heteroatoms. The Morgan fingerprint density at radius 2 is 1.91 bits per heavy atom. The number of rotatable bonds is 5. The van der Waals surface area contributed by atoms with E-state index < -0.39 is 6.04 Å². The van der Waals surface area contributed by atoms with Crippen LogP contribution in [0.3, 0.4) is 0 Å². The van der Waals surface area contributed by atoms with Gasteiger partial charge >= 0.3 is 0 Å². The van der Waals surface area contributed by atoms with Gasteiger partial charge in [0.15, 0.2) is 0 Å². The summed E-state index contributed by atoms with van der Waals surface area (Å²) in [4.78, 5) is 3.02. The van der Waals surface area contributed by atoms with Crippen LogP contribution in [0.4, 0.5) is 5.69 Å². The molecule has 2 aromatic rings. The predicted octanol–water partition coefficient (Wildman–Crippen LogP) is 2.36. The number of methoxy groups -OCH3 is 1. The molecular formula is C17H19NO4S. The third-order valence-corrected chi connectivity index (χ3v) is 5.26. The van der Waals surface area contributed by atoms with Crippen LogP contribution in [-0.4, -0.2) is 41.7 Å². The van der Waals surface area contributed by atoms with Crippen molar-refractivity contribution in [2.45, 2.75) is 16.3 Å². The van der Waals surface area contributed by atoms with Crippen LogP contribution in [-0.2, 0) is 0 Å². The van der Waals surface area contributed by atoms with Crippen molar-refractivity contribution in [2.75, 3.05) is 25.2 Å². The number of hydrogen-bond acceptors (Lipinski definition) is 6. The molecule has 5 nitrogen and oxygen atoms in total. The van der Waals surface area contributed by atoms with Crippen LogP contribution in [0.5, 0.6) is 11.5 Å². The molecule has 1 unspecified atom stereocenters. The number of thioether (sulfide) groups is 1. The van der Waals surface area contributed by atoms with Gasteiger partial charge in [0.2, 0.25) is 0 Å². The highest BCUT2D eigenvalue weighted by atomic mass is 32.2. The summed E-state index contributed by atoms with van der Waals surface area (Å²) < 4.78 is 5.13. The Kier molecular flexibility index (Phi) is 4.66. The van der Waals surface area contributed by atoms with Crippen LogP contribution in [0, 0.1) is 0 Å². The molecule has 0 aromatic heterocycles. The Morgan fingerprint density at radius 1 is 1.17 bits per heavy atom. The molecule has 0 saturated heterocycles. The van der Waals surface area contributed by atoms with Gasteiger partial charge in [-0.3, -0.25) is 0 Å². The summed E-state index contributed by atoms with van der Waals surface area (Å²) in [6.45, 7) is -0.336. The third kappa shape index (κ3) is 2.85. The molecule has 0 saturated carbocycles. The first-order valence-corrected chi connectivity index (χ1v) is 8.20. The number of benzene rings is 2. The lowest BCUT2D eigenvalue weighted by molar-refractivity contribution is 0.186. The maximum atomic E-state index is 10.4. The summed E-state index contributed by atoms with van der Waals surface area (Å²) in [6, 6.07) is 12.6. The minimum Gasteiger partial charge on any atom is -0.507 e. The van der Waals surface area contributed by atoms with Gasteiger partial charge in [-0.1, -0.05) is 23.9 Å². The molecule has 3 rings (SSSR count). The molecule has 23 heavy (non-hydrogen) atoms. The molecule has 1 atom stereocenters. The molecular weight excluding hydrogens is 314 g/mol. The summed E-state index contributed by atoms with van der Waals surface area (Å²) >= 11 is 1.59. The lowest BCUT2D eigenvalue weighted by Crippen LogP contribution is -2.40. The summed E-state index contributed by atoms with van der Waals surface area (Å²) in [5, 5.41) is 29.4. The second-order valence-electron chi connectivity index (χ2n) is 5.29. The van der Waals surface area contributed by atoms with E-state index in [-0.39, 0.29) is 24.3 Å². The van der Waals surface area contributed by atoms with Crippen LogP contribution in [0.2, 0.25) is 0 Å². The standard InChI is InChI=1S/C17H19NO4S/c1-22-12-6-7-13(15(21)8-12)17-18(11(9-19)10-20)14-4-2-3-5-16(14)23-17/h2-8,11,17,19-21H,9-10H2,1H3. The predicted molar refractivity (Wildman–Crippen MR) is 90.1 cm³/mol. The van der Waals surface area contributed by atoms with Gasteiger partial charge in [-0.2, -0.15) is 0 Å². The van der Waals surface area contributed by atoms with E-state index in [0.717, 1.165) is 16.1 Å². The van der Waals surface area contributed by atoms with Gasteiger partial charge in [0.05, 0.1) is 32.1 Å². The number of aliphatic hydroxyl groups excluding tert-OH is 2. The van der Waals surface area contributed by atoms with Gasteiger partial charge in [-0.25, -0.2) is 0 Å². The van der Waals surface area contributed by atoms with Crippen molar-refractivity contribution >= 4 is 17.4 Å². The van der Waals surface area contributed by atoms with Crippen molar-refractivity contribution in [1.29, 1.82) is 0 Å². The van der Waals surface area contributed by atoms with Gasteiger partial charge in [-0.05, 0) is 24.3 Å². The lowest BCUT2D eigenvalue weighted by Gasteiger charge is -2.33. The summed E-state index contributed by atoms with van der Waals surface area (Å²) in [6.07, 6.45) is 0. The van der Waals surface area contributed by atoms with E-state index >= 15 is 0 Å². The van der Waals surface area contributed by atoms with E-state index in [9.17, 15) is 15.3 Å². The fourth-order valence-corrected chi connectivity index (χ4v) is 4.19. The number of aliphatic hydroxyl groups is 2. The topological polar surface area (TPSA) is 73.2 Å². The largest absolute Gasteiger partial charge is 0.507 e. The summed E-state index contributed by atoms with van der Waals surface area (Å²) in [5.41, 5.74) is 1.67. The van der Waals surface area contributed by atoms with Crippen LogP contribution < -0.4 is 9.64 Å². The highest BCUT2D eigenvalue weighted by molar-refractivity contribution is 8.00. The van der Waals surface area contributed by atoms with Crippen LogP contribution >= 0.6 is 11.8 Å². The number of hydrogen-bond donors (Lipinski definition) is 3. The first-order valence-electron chi connectivity index (χ1n) is 7.32. The monoisotopic (exact) mass is 333 g/mol. The fraction of sp³-hybridized carbons (Fsp3) is 0.294. The zero-order valence-corrected chi connectivity index (χ0v) is 13.5. The third-order valence-electron chi connectivity index (χ3n) is 3.95. The van der Waals surface area contributed by atoms with E-state index in [1.54, 1.807) is 31.0 Å². The van der Waals surface area contributed by atoms with Crippen LogP contribution in [0.25, 0.3) is 0 Å². The summed E-state index contributed by atoms with van der Waals surface area (Å²) in [5.74, 6) is 0.716. The second-order valence-corrected chi connectivity index (χ2v) is 6.41. The van der Waals surface area contributed by atoms with E-state index in [1.165, 1.54) is 0 Å². The Balaban J connectivity index is 2.04. The maximum absolute atomic E-state index is 10.4. The molecule has 0 amide bonds. The first kappa shape index (κ1) is 16.0. The Bertz CT molecular complexity index is 690. The molecule has 0 spiro atoms. The SMILES string of the molecule is COc1ccc(C2Sc3ccccc3N2C(CO)CO)c(O)c1. The molecule has 1 aliphatic heterocycles. The first-order chi connectivity index (χ1) is 11.2. The Morgan fingerprint density at radius 3 is 2.57 bits per heavy atom. The Labute approximate surface area is 139 Å². The van der Waals surface area contributed by atoms with E-state index in [4.69, 9.17) is 4.74 Å². The van der Waals surface area contributed by atoms with E-state index in [1.807, 2.05) is 35.2 Å². The molecule has 1 heterocycles. The minimum atomic E-state index is -0.433. The van der Waals surface area contributed by atoms with Gasteiger partial charge in [-0.15, -0.1) is 0 Å². The zero-order chi connectivity index (χ0) is 16.4. The number of nitrogens with zero attached hydrogens (tertiary/aromatic N) is 1. The quantitative estimate of drug-likeness (QED) is 0.780. The molecule has 0 aliphatic carbocycles. The normalized spacial score (nSPS) is 16.7. The van der Waals surface area contributed by atoms with Crippen molar-refractivity contribution in [1.82, 2.24) is 0 Å². The smallest absolute Gasteiger partial charge is 0.125 e. The van der Waals surface area contributed by atoms with Crippen LogP contribution in [0.1, 0.15) is 10.9 Å². The number of phenolic OH excluding ortho intramolecular Hbond substituents is 1. The van der Waals surface area contributed by atoms with Crippen LogP contribution in [0.15, 0.2) is 47.4 Å². The second kappa shape index (κ2) is 6.70. The molecule has 1 aliphatic rings. The molecule has 122 valence electrons. The van der Waals surface area contributed by atoms with Crippen molar-refractivity contribution in [3.05, 3.63) is 48.0 Å². The molecule has 0 radical (unpaired) electrons. The number of para-hydroxylation sites is 1. The van der Waals surface area contributed by atoms with Gasteiger partial charge < -0.3 is 25.0 Å². The van der Waals surface area contributed by atoms with Gasteiger partial charge in [0, 0.05) is 16.5 Å². The Hall–Kier alpha value is -1.89. The fourth-order valence-electron chi connectivity index (χ4n) is 2.77. The molecule has 3 N–H and O–H groups in total. The minimum absolute atomic E-state index is 0.134. The van der Waals surface area contributed by atoms with E-state index in [2.05, 4.69) is 0 Å². The van der Waals surface area contributed by atoms with Crippen molar-refractivity contribution in [3.8, 4) is 11.5 Å². The molecule has 0 bridgehead atoms. The highest BCUT2D eigenvalue weighted by Gasteiger charge is 2.36. The highest BCUT2D eigenvalue weighted by Crippen LogP contribution is 2.53. The lowest BCUT2D eigenvalue weighted by atomic mass is 10.1. The number of anilines is 1. The van der Waals surface area contributed by atoms with Crippen molar-refractivity contribution in [2.24, 2.45) is 0 Å². The molecule has 0 fully saturated rings. The average Bonchev–Trinajstić information content (AvgIpc) is 2.95. The zero-order valence-electron chi connectivity index (χ0n) is 12.7. The van der Waals surface area contributed by atoms with Gasteiger partial charge in [0.25, 0.3) is 0 Å².